The van der Waals surface area contributed by atoms with Crippen molar-refractivity contribution in [2.45, 2.75) is 43.0 Å². The van der Waals surface area contributed by atoms with E-state index in [0.29, 0.717) is 10.2 Å². The lowest BCUT2D eigenvalue weighted by molar-refractivity contribution is -0.143. The molecule has 0 aliphatic carbocycles. The first-order valence-electron chi connectivity index (χ1n) is 10.6. The third kappa shape index (κ3) is 6.84. The second-order valence-corrected chi connectivity index (χ2v) is 12.4. The molecule has 2 N–H and O–H groups in total. The van der Waals surface area contributed by atoms with Crippen LogP contribution >= 0.6 is 11.3 Å². The Hall–Kier alpha value is -2.87. The number of fused-ring (bicyclic) bond motifs is 1. The molecule has 0 radical (unpaired) electrons. The van der Waals surface area contributed by atoms with Crippen molar-refractivity contribution in [1.29, 1.82) is 0 Å². The molecule has 2 aromatic carbocycles. The van der Waals surface area contributed by atoms with Gasteiger partial charge in [0, 0.05) is 6.42 Å². The van der Waals surface area contributed by atoms with E-state index >= 15 is 0 Å². The number of aromatic nitrogens is 1. The van der Waals surface area contributed by atoms with Crippen molar-refractivity contribution in [2.75, 3.05) is 12.4 Å². The number of rotatable bonds is 9. The molecule has 1 heterocycles. The van der Waals surface area contributed by atoms with Gasteiger partial charge in [-0.15, -0.1) is 0 Å². The minimum atomic E-state index is -3.95. The lowest BCUT2D eigenvalue weighted by Crippen LogP contribution is -2.23. The molecule has 0 saturated heterocycles. The average molecular weight is 540 g/mol. The number of ether oxygens (including phenoxy) is 1. The predicted molar refractivity (Wildman–Crippen MR) is 131 cm³/mol. The van der Waals surface area contributed by atoms with E-state index in [2.05, 4.69) is 4.99 Å². The van der Waals surface area contributed by atoms with Gasteiger partial charge in [-0.1, -0.05) is 29.0 Å². The Morgan fingerprint density at radius 3 is 2.34 bits per heavy atom. The number of carbonyl (C=O) groups excluding carboxylic acids is 2. The minimum absolute atomic E-state index is 0.0663. The number of sulfonamides is 1. The maximum Gasteiger partial charge on any atom is 0.326 e. The van der Waals surface area contributed by atoms with E-state index in [9.17, 15) is 26.4 Å². The monoisotopic (exact) mass is 539 g/mol. The van der Waals surface area contributed by atoms with E-state index in [-0.39, 0.29) is 46.3 Å². The number of aryl methyl sites for hydroxylation is 1. The average Bonchev–Trinajstić information content (AvgIpc) is 3.09. The van der Waals surface area contributed by atoms with E-state index in [1.54, 1.807) is 19.1 Å². The molecule has 0 fully saturated rings. The summed E-state index contributed by atoms with van der Waals surface area (Å²) in [5.41, 5.74) is 1.41. The lowest BCUT2D eigenvalue weighted by Gasteiger charge is -2.06. The van der Waals surface area contributed by atoms with Crippen molar-refractivity contribution in [2.24, 2.45) is 10.1 Å². The molecular formula is C22H25N3O7S3. The van der Waals surface area contributed by atoms with Crippen molar-refractivity contribution < 1.29 is 31.2 Å². The molecule has 3 aromatic rings. The van der Waals surface area contributed by atoms with Crippen LogP contribution < -0.4 is 9.94 Å². The molecule has 0 bridgehead atoms. The summed E-state index contributed by atoms with van der Waals surface area (Å²) in [6.07, 6.45) is -0.0575. The molecule has 35 heavy (non-hydrogen) atoms. The van der Waals surface area contributed by atoms with Gasteiger partial charge in [0.1, 0.15) is 6.54 Å². The summed E-state index contributed by atoms with van der Waals surface area (Å²) in [5, 5.41) is 5.20. The summed E-state index contributed by atoms with van der Waals surface area (Å²) in [6.45, 7) is 3.44. The fraction of sp³-hybridized carbons (Fsp3) is 0.318. The maximum atomic E-state index is 12.5. The Labute approximate surface area is 207 Å². The highest BCUT2D eigenvalue weighted by Gasteiger charge is 2.17. The zero-order chi connectivity index (χ0) is 25.8. The normalized spacial score (nSPS) is 12.7. The number of hydrogen-bond donors (Lipinski definition) is 1. The number of primary sulfonamides is 1. The summed E-state index contributed by atoms with van der Waals surface area (Å²) in [7, 11) is -7.49. The van der Waals surface area contributed by atoms with Gasteiger partial charge in [0.15, 0.2) is 14.6 Å². The number of benzene rings is 2. The molecule has 1 amide bonds. The molecule has 1 aromatic heterocycles. The Morgan fingerprint density at radius 2 is 1.71 bits per heavy atom. The number of nitrogens with two attached hydrogens (primary N) is 1. The molecule has 0 spiro atoms. The van der Waals surface area contributed by atoms with E-state index in [1.807, 2.05) is 6.92 Å². The maximum absolute atomic E-state index is 12.5. The van der Waals surface area contributed by atoms with Crippen LogP contribution in [0.5, 0.6) is 0 Å². The Bertz CT molecular complexity index is 1540. The highest BCUT2D eigenvalue weighted by molar-refractivity contribution is 7.91. The number of nitrogens with zero attached hydrogens (tertiary/aromatic N) is 2. The van der Waals surface area contributed by atoms with E-state index in [0.717, 1.165) is 16.9 Å². The van der Waals surface area contributed by atoms with Crippen LogP contribution in [0.3, 0.4) is 0 Å². The molecule has 0 unspecified atom stereocenters. The molecular weight excluding hydrogens is 514 g/mol. The molecule has 0 atom stereocenters. The smallest absolute Gasteiger partial charge is 0.326 e. The topological polar surface area (TPSA) is 155 Å². The number of thiazole rings is 1. The second-order valence-electron chi connectivity index (χ2n) is 7.69. The van der Waals surface area contributed by atoms with Crippen molar-refractivity contribution >= 4 is 53.3 Å². The molecule has 0 saturated carbocycles. The van der Waals surface area contributed by atoms with Crippen LogP contribution in [0.4, 0.5) is 0 Å². The van der Waals surface area contributed by atoms with Gasteiger partial charge < -0.3 is 9.30 Å². The molecule has 0 aliphatic heterocycles. The van der Waals surface area contributed by atoms with Gasteiger partial charge >= 0.3 is 5.97 Å². The van der Waals surface area contributed by atoms with Gasteiger partial charge in [0.2, 0.25) is 15.9 Å². The van der Waals surface area contributed by atoms with Crippen molar-refractivity contribution in [1.82, 2.24) is 4.57 Å². The van der Waals surface area contributed by atoms with Gasteiger partial charge in [-0.2, -0.15) is 4.99 Å². The summed E-state index contributed by atoms with van der Waals surface area (Å²) in [6, 6.07) is 10.6. The highest BCUT2D eigenvalue weighted by Crippen LogP contribution is 2.21. The number of amides is 1. The van der Waals surface area contributed by atoms with Gasteiger partial charge in [0.25, 0.3) is 0 Å². The van der Waals surface area contributed by atoms with Gasteiger partial charge in [-0.3, -0.25) is 9.59 Å². The minimum Gasteiger partial charge on any atom is -0.465 e. The molecule has 188 valence electrons. The van der Waals surface area contributed by atoms with Crippen molar-refractivity contribution in [3.63, 3.8) is 0 Å². The first-order valence-corrected chi connectivity index (χ1v) is 14.6. The summed E-state index contributed by atoms with van der Waals surface area (Å²) >= 11 is 1.01. The summed E-state index contributed by atoms with van der Waals surface area (Å²) < 4.78 is 55.3. The predicted octanol–water partition coefficient (Wildman–Crippen LogP) is 1.90. The molecule has 0 aliphatic rings. The number of sulfone groups is 1. The third-order valence-corrected chi connectivity index (χ3v) is 8.75. The third-order valence-electron chi connectivity index (χ3n) is 4.98. The molecule has 10 nitrogen and oxygen atoms in total. The quantitative estimate of drug-likeness (QED) is 0.407. The van der Waals surface area contributed by atoms with Crippen LogP contribution in [0.1, 0.15) is 25.3 Å². The Balaban J connectivity index is 1.86. The second kappa shape index (κ2) is 10.8. The fourth-order valence-corrected chi connectivity index (χ4v) is 6.26. The van der Waals surface area contributed by atoms with Crippen molar-refractivity contribution in [3.8, 4) is 0 Å². The lowest BCUT2D eigenvalue weighted by atomic mass is 10.2. The van der Waals surface area contributed by atoms with Gasteiger partial charge in [-0.05, 0) is 50.6 Å². The van der Waals surface area contributed by atoms with Gasteiger partial charge in [-0.25, -0.2) is 22.0 Å². The van der Waals surface area contributed by atoms with Crippen LogP contribution in [0.25, 0.3) is 10.2 Å². The molecule has 13 heteroatoms. The Morgan fingerprint density at radius 1 is 1.06 bits per heavy atom. The van der Waals surface area contributed by atoms with E-state index < -0.39 is 31.7 Å². The number of esters is 1. The van der Waals surface area contributed by atoms with E-state index in [1.165, 1.54) is 34.9 Å². The number of hydrogen-bond acceptors (Lipinski definition) is 8. The first-order chi connectivity index (χ1) is 16.4. The fourth-order valence-electron chi connectivity index (χ4n) is 3.24. The largest absolute Gasteiger partial charge is 0.465 e. The van der Waals surface area contributed by atoms with E-state index in [4.69, 9.17) is 9.88 Å². The van der Waals surface area contributed by atoms with Crippen LogP contribution in [-0.4, -0.2) is 45.6 Å². The standard InChI is InChI=1S/C22H25N3O7S3/c1-3-32-21(27)14-25-18-11-10-17(35(23,30)31)13-19(18)33-22(25)24-20(26)5-4-12-34(28,29)16-8-6-15(2)7-9-16/h6-11,13H,3-5,12,14H2,1-2H3,(H2,23,30,31). The number of carbonyl (C=O) groups is 2. The SMILES string of the molecule is CCOC(=O)Cn1c(=NC(=O)CCCS(=O)(=O)c2ccc(C)cc2)sc2cc(S(N)(=O)=O)ccc21. The first kappa shape index (κ1) is 26.7. The highest BCUT2D eigenvalue weighted by atomic mass is 32.2. The van der Waals surface area contributed by atoms with Crippen molar-refractivity contribution in [3.05, 3.63) is 52.8 Å². The van der Waals surface area contributed by atoms with Gasteiger partial charge in [0.05, 0.1) is 32.4 Å². The summed E-state index contributed by atoms with van der Waals surface area (Å²) in [4.78, 5) is 29.0. The zero-order valence-electron chi connectivity index (χ0n) is 19.1. The van der Waals surface area contributed by atoms with Crippen LogP contribution in [0, 0.1) is 6.92 Å². The Kier molecular flexibility index (Phi) is 8.26. The molecule has 3 rings (SSSR count). The van der Waals surface area contributed by atoms with Crippen LogP contribution in [0.15, 0.2) is 57.2 Å². The summed E-state index contributed by atoms with van der Waals surface area (Å²) in [5.74, 6) is -1.34. The zero-order valence-corrected chi connectivity index (χ0v) is 21.6. The van der Waals surface area contributed by atoms with Crippen LogP contribution in [-0.2, 0) is 40.7 Å². The van der Waals surface area contributed by atoms with Crippen LogP contribution in [0.2, 0.25) is 0 Å².